The number of methoxy groups -OCH3 is 1. The molecule has 0 amide bonds. The quantitative estimate of drug-likeness (QED) is 0.256. The highest BCUT2D eigenvalue weighted by molar-refractivity contribution is 6.37. The maximum atomic E-state index is 11.5. The van der Waals surface area contributed by atoms with E-state index >= 15 is 0 Å². The van der Waals surface area contributed by atoms with E-state index in [1.54, 1.807) is 39.2 Å². The second-order valence-electron chi connectivity index (χ2n) is 6.71. The Kier molecular flexibility index (Phi) is 8.81. The first-order chi connectivity index (χ1) is 14.3. The van der Waals surface area contributed by atoms with E-state index in [1.165, 1.54) is 6.21 Å². The van der Waals surface area contributed by atoms with Crippen LogP contribution in [0.4, 0.5) is 0 Å². The molecule has 0 aliphatic rings. The van der Waals surface area contributed by atoms with Crippen LogP contribution in [0.1, 0.15) is 44.7 Å². The summed E-state index contributed by atoms with van der Waals surface area (Å²) in [4.78, 5) is 16.6. The predicted molar refractivity (Wildman–Crippen MR) is 118 cm³/mol. The third-order valence-electron chi connectivity index (χ3n) is 4.10. The minimum absolute atomic E-state index is 0.255. The number of hydrogen-bond donors (Lipinski definition) is 0. The molecule has 0 N–H and O–H groups in total. The fourth-order valence-electron chi connectivity index (χ4n) is 2.58. The number of halogens is 2. The molecule has 1 unspecified atom stereocenters. The van der Waals surface area contributed by atoms with E-state index < -0.39 is 12.1 Å². The Labute approximate surface area is 186 Å². The first-order valence-electron chi connectivity index (χ1n) is 9.47. The van der Waals surface area contributed by atoms with Gasteiger partial charge in [0.15, 0.2) is 5.75 Å². The Morgan fingerprint density at radius 1 is 1.13 bits per heavy atom. The number of hydrogen-bond acceptors (Lipinski definition) is 6. The second-order valence-corrected chi connectivity index (χ2v) is 7.52. The molecule has 0 heterocycles. The van der Waals surface area contributed by atoms with E-state index in [0.717, 1.165) is 11.3 Å². The van der Waals surface area contributed by atoms with Crippen molar-refractivity contribution >= 4 is 35.4 Å². The molecule has 2 rings (SSSR count). The number of nitrogens with zero attached hydrogens (tertiary/aromatic N) is 1. The molecule has 0 spiro atoms. The highest BCUT2D eigenvalue weighted by Gasteiger charge is 2.16. The molecule has 2 aromatic carbocycles. The summed E-state index contributed by atoms with van der Waals surface area (Å²) in [5.74, 6) is 1.48. The molecule has 0 saturated carbocycles. The summed E-state index contributed by atoms with van der Waals surface area (Å²) in [5, 5.41) is 4.41. The molecule has 0 aromatic heterocycles. The largest absolute Gasteiger partial charge is 0.496 e. The van der Waals surface area contributed by atoms with Crippen molar-refractivity contribution in [2.45, 2.75) is 39.7 Å². The van der Waals surface area contributed by atoms with Gasteiger partial charge in [0.1, 0.15) is 11.5 Å². The van der Waals surface area contributed by atoms with Crippen LogP contribution in [0.5, 0.6) is 17.2 Å². The van der Waals surface area contributed by atoms with Crippen LogP contribution in [-0.4, -0.2) is 32.0 Å². The number of carbonyl (C=O) groups excluding carboxylic acids is 1. The lowest BCUT2D eigenvalue weighted by Gasteiger charge is -2.15. The Balaban J connectivity index is 2.16. The van der Waals surface area contributed by atoms with Gasteiger partial charge in [-0.2, -0.15) is 0 Å². The summed E-state index contributed by atoms with van der Waals surface area (Å²) in [6.07, 6.45) is 0.585. The molecule has 1 atom stereocenters. The average Bonchev–Trinajstić information content (AvgIpc) is 2.70. The van der Waals surface area contributed by atoms with Crippen LogP contribution in [0, 0.1) is 0 Å². The van der Waals surface area contributed by atoms with Crippen molar-refractivity contribution in [3.63, 3.8) is 0 Å². The number of esters is 1. The molecule has 162 valence electrons. The Morgan fingerprint density at radius 3 is 2.37 bits per heavy atom. The van der Waals surface area contributed by atoms with Crippen molar-refractivity contribution in [2.75, 3.05) is 13.7 Å². The molecule has 0 bridgehead atoms. The predicted octanol–water partition coefficient (Wildman–Crippen LogP) is 6.22. The fourth-order valence-corrected chi connectivity index (χ4v) is 3.16. The van der Waals surface area contributed by atoms with Crippen LogP contribution in [0.3, 0.4) is 0 Å². The van der Waals surface area contributed by atoms with Gasteiger partial charge in [-0.3, -0.25) is 0 Å². The molecule has 6 nitrogen and oxygen atoms in total. The van der Waals surface area contributed by atoms with Crippen LogP contribution in [-0.2, 0) is 14.4 Å². The molecule has 0 aliphatic carbocycles. The van der Waals surface area contributed by atoms with E-state index in [4.69, 9.17) is 42.3 Å². The van der Waals surface area contributed by atoms with Crippen molar-refractivity contribution in [3.8, 4) is 17.2 Å². The SMILES string of the molecule is CCOC(=O)C(C)ON=Cc1cc(Cl)c(Oc2ccc(OC)c(C(C)C)c2)c(Cl)c1. The minimum Gasteiger partial charge on any atom is -0.496 e. The molecular formula is C22H25Cl2NO5. The van der Waals surface area contributed by atoms with E-state index in [-0.39, 0.29) is 12.5 Å². The summed E-state index contributed by atoms with van der Waals surface area (Å²) in [6.45, 7) is 7.68. The summed E-state index contributed by atoms with van der Waals surface area (Å²) in [5.41, 5.74) is 1.60. The van der Waals surface area contributed by atoms with Crippen molar-refractivity contribution < 1.29 is 23.8 Å². The first-order valence-corrected chi connectivity index (χ1v) is 10.2. The highest BCUT2D eigenvalue weighted by atomic mass is 35.5. The summed E-state index contributed by atoms with van der Waals surface area (Å²) in [7, 11) is 1.63. The van der Waals surface area contributed by atoms with Crippen LogP contribution in [0.15, 0.2) is 35.5 Å². The van der Waals surface area contributed by atoms with Gasteiger partial charge in [-0.1, -0.05) is 42.2 Å². The van der Waals surface area contributed by atoms with Gasteiger partial charge in [0.05, 0.1) is 30.0 Å². The minimum atomic E-state index is -0.819. The number of benzene rings is 2. The van der Waals surface area contributed by atoms with Crippen LogP contribution in [0.2, 0.25) is 10.0 Å². The maximum absolute atomic E-state index is 11.5. The number of oxime groups is 1. The van der Waals surface area contributed by atoms with Crippen LogP contribution in [0.25, 0.3) is 0 Å². The monoisotopic (exact) mass is 453 g/mol. The molecule has 0 saturated heterocycles. The standard InChI is InChI=1S/C22H25Cl2NO5/c1-6-28-22(26)14(4)30-25-12-15-9-18(23)21(19(24)10-15)29-16-7-8-20(27-5)17(11-16)13(2)3/h7-14H,6H2,1-5H3. The molecule has 2 aromatic rings. The van der Waals surface area contributed by atoms with Crippen molar-refractivity contribution in [2.24, 2.45) is 5.16 Å². The summed E-state index contributed by atoms with van der Waals surface area (Å²) >= 11 is 12.7. The topological polar surface area (TPSA) is 66.4 Å². The van der Waals surface area contributed by atoms with E-state index in [2.05, 4.69) is 19.0 Å². The Bertz CT molecular complexity index is 891. The van der Waals surface area contributed by atoms with Gasteiger partial charge in [-0.15, -0.1) is 0 Å². The van der Waals surface area contributed by atoms with Crippen molar-refractivity contribution in [1.29, 1.82) is 0 Å². The van der Waals surface area contributed by atoms with Gasteiger partial charge in [-0.05, 0) is 55.7 Å². The second kappa shape index (κ2) is 11.1. The molecule has 0 fully saturated rings. The zero-order chi connectivity index (χ0) is 22.3. The first kappa shape index (κ1) is 23.8. The Morgan fingerprint density at radius 2 is 1.80 bits per heavy atom. The normalized spacial score (nSPS) is 12.1. The van der Waals surface area contributed by atoms with Crippen molar-refractivity contribution in [1.82, 2.24) is 0 Å². The van der Waals surface area contributed by atoms with Gasteiger partial charge in [0, 0.05) is 5.56 Å². The van der Waals surface area contributed by atoms with E-state index in [9.17, 15) is 4.79 Å². The lowest BCUT2D eigenvalue weighted by atomic mass is 10.0. The third-order valence-corrected chi connectivity index (χ3v) is 4.66. The number of ether oxygens (including phenoxy) is 3. The van der Waals surface area contributed by atoms with E-state index in [0.29, 0.717) is 27.1 Å². The number of rotatable bonds is 9. The molecule has 8 heteroatoms. The summed E-state index contributed by atoms with van der Waals surface area (Å²) < 4.78 is 16.2. The van der Waals surface area contributed by atoms with E-state index in [1.807, 2.05) is 12.1 Å². The molecule has 30 heavy (non-hydrogen) atoms. The van der Waals surface area contributed by atoms with Crippen molar-refractivity contribution in [3.05, 3.63) is 51.5 Å². The average molecular weight is 454 g/mol. The zero-order valence-corrected chi connectivity index (χ0v) is 19.1. The van der Waals surface area contributed by atoms with Gasteiger partial charge < -0.3 is 19.0 Å². The van der Waals surface area contributed by atoms with Crippen LogP contribution < -0.4 is 9.47 Å². The van der Waals surface area contributed by atoms with Gasteiger partial charge in [0.2, 0.25) is 6.10 Å². The van der Waals surface area contributed by atoms with Gasteiger partial charge in [0.25, 0.3) is 0 Å². The lowest BCUT2D eigenvalue weighted by molar-refractivity contribution is -0.155. The smallest absolute Gasteiger partial charge is 0.349 e. The maximum Gasteiger partial charge on any atom is 0.349 e. The molecule has 0 aliphatic heterocycles. The van der Waals surface area contributed by atoms with Crippen LogP contribution >= 0.6 is 23.2 Å². The number of carbonyl (C=O) groups is 1. The third kappa shape index (κ3) is 6.28. The Hall–Kier alpha value is -2.44. The lowest BCUT2D eigenvalue weighted by Crippen LogP contribution is -2.21. The van der Waals surface area contributed by atoms with Gasteiger partial charge in [-0.25, -0.2) is 4.79 Å². The molecular weight excluding hydrogens is 429 g/mol. The molecule has 0 radical (unpaired) electrons. The fraction of sp³-hybridized carbons (Fsp3) is 0.364. The zero-order valence-electron chi connectivity index (χ0n) is 17.6. The summed E-state index contributed by atoms with van der Waals surface area (Å²) in [6, 6.07) is 8.80. The van der Waals surface area contributed by atoms with Gasteiger partial charge >= 0.3 is 5.97 Å². The highest BCUT2D eigenvalue weighted by Crippen LogP contribution is 2.39.